The maximum Gasteiger partial charge on any atom is 0.269 e. The predicted octanol–water partition coefficient (Wildman–Crippen LogP) is 6.88. The summed E-state index contributed by atoms with van der Waals surface area (Å²) in [6, 6.07) is 24.8. The van der Waals surface area contributed by atoms with Gasteiger partial charge in [0.2, 0.25) is 0 Å². The molecule has 1 N–H and O–H groups in total. The van der Waals surface area contributed by atoms with Gasteiger partial charge >= 0.3 is 0 Å². The molecule has 0 spiro atoms. The van der Waals surface area contributed by atoms with E-state index in [-0.39, 0.29) is 21.2 Å². The zero-order valence-electron chi connectivity index (χ0n) is 21.3. The lowest BCUT2D eigenvalue weighted by molar-refractivity contribution is -0.385. The second-order valence-electron chi connectivity index (χ2n) is 8.99. The highest BCUT2D eigenvalue weighted by atomic mass is 32.2. The molecule has 196 valence electrons. The molecule has 9 heteroatoms. The number of nitro groups is 2. The zero-order valence-corrected chi connectivity index (χ0v) is 22.1. The van der Waals surface area contributed by atoms with Gasteiger partial charge < -0.3 is 4.55 Å². The smallest absolute Gasteiger partial charge is 0.269 e. The quantitative estimate of drug-likeness (QED) is 0.157. The van der Waals surface area contributed by atoms with Crippen LogP contribution in [0.4, 0.5) is 11.4 Å². The molecule has 0 aliphatic carbocycles. The summed E-state index contributed by atoms with van der Waals surface area (Å²) in [4.78, 5) is 20.9. The lowest BCUT2D eigenvalue weighted by Gasteiger charge is -2.07. The van der Waals surface area contributed by atoms with Crippen LogP contribution in [0.25, 0.3) is 0 Å². The minimum atomic E-state index is -2.16. The summed E-state index contributed by atoms with van der Waals surface area (Å²) in [7, 11) is 0. The van der Waals surface area contributed by atoms with Crippen molar-refractivity contribution in [2.75, 3.05) is 0 Å². The van der Waals surface area contributed by atoms with E-state index in [1.165, 1.54) is 29.3 Å². The van der Waals surface area contributed by atoms with Crippen molar-refractivity contribution < 1.29 is 18.6 Å². The highest BCUT2D eigenvalue weighted by molar-refractivity contribution is 7.79. The number of benzene rings is 4. The average molecular weight is 533 g/mol. The number of aryl methyl sites for hydroxylation is 3. The summed E-state index contributed by atoms with van der Waals surface area (Å²) in [6.07, 6.45) is 1.11. The van der Waals surface area contributed by atoms with E-state index in [1.54, 1.807) is 12.1 Å². The first-order chi connectivity index (χ1) is 18.0. The van der Waals surface area contributed by atoms with E-state index in [9.17, 15) is 29.0 Å². The van der Waals surface area contributed by atoms with Crippen molar-refractivity contribution in [1.29, 1.82) is 0 Å². The molecule has 0 saturated carbocycles. The molecule has 0 fully saturated rings. The Kier molecular flexibility index (Phi) is 9.59. The third-order valence-electron chi connectivity index (χ3n) is 6.02. The molecule has 4 rings (SSSR count). The van der Waals surface area contributed by atoms with Gasteiger partial charge in [-0.1, -0.05) is 65.7 Å². The Hall–Kier alpha value is -4.21. The molecule has 0 aromatic heterocycles. The Labute approximate surface area is 223 Å². The standard InChI is InChI=1S/C15H15NO2.C14H13NO4S/c1-11-3-6-13(7-4-11)9-14-10-15(16(17)18)8-5-12(14)2;1-10-2-4-11(5-3-10)8-12-9-13(15(16)17)6-7-14(12)20(18)19/h3-8,10H,9H2,1-2H3;2-7,9H,8H2,1H3,(H,18,19). The van der Waals surface area contributed by atoms with Crippen LogP contribution in [0.5, 0.6) is 0 Å². The number of nitrogens with zero attached hydrogens (tertiary/aromatic N) is 2. The van der Waals surface area contributed by atoms with Gasteiger partial charge in [-0.15, -0.1) is 0 Å². The molecule has 0 radical (unpaired) electrons. The molecular weight excluding hydrogens is 504 g/mol. The molecular formula is C29H28N2O6S. The Morgan fingerprint density at radius 1 is 0.658 bits per heavy atom. The van der Waals surface area contributed by atoms with Crippen LogP contribution in [0.15, 0.2) is 89.8 Å². The maximum atomic E-state index is 11.3. The van der Waals surface area contributed by atoms with Crippen molar-refractivity contribution in [3.05, 3.63) is 144 Å². The second-order valence-corrected chi connectivity index (χ2v) is 9.93. The third-order valence-corrected chi connectivity index (χ3v) is 6.79. The van der Waals surface area contributed by atoms with Crippen LogP contribution in [-0.2, 0) is 23.9 Å². The van der Waals surface area contributed by atoms with E-state index in [2.05, 4.69) is 24.3 Å². The van der Waals surface area contributed by atoms with Gasteiger partial charge in [0.15, 0.2) is 11.1 Å². The first kappa shape index (κ1) is 28.4. The van der Waals surface area contributed by atoms with Crippen molar-refractivity contribution >= 4 is 22.5 Å². The number of rotatable bonds is 7. The first-order valence-corrected chi connectivity index (χ1v) is 12.9. The Bertz CT molecular complexity index is 1470. The zero-order chi connectivity index (χ0) is 27.8. The predicted molar refractivity (Wildman–Crippen MR) is 148 cm³/mol. The summed E-state index contributed by atoms with van der Waals surface area (Å²) in [5.74, 6) is 0. The molecule has 4 aromatic carbocycles. The average Bonchev–Trinajstić information content (AvgIpc) is 2.88. The minimum Gasteiger partial charge on any atom is -0.302 e. The fraction of sp³-hybridized carbons (Fsp3) is 0.172. The van der Waals surface area contributed by atoms with Crippen LogP contribution in [0.3, 0.4) is 0 Å². The molecule has 1 atom stereocenters. The first-order valence-electron chi connectivity index (χ1n) is 11.8. The van der Waals surface area contributed by atoms with E-state index in [4.69, 9.17) is 0 Å². The van der Waals surface area contributed by atoms with Crippen molar-refractivity contribution in [3.63, 3.8) is 0 Å². The molecule has 0 heterocycles. The highest BCUT2D eigenvalue weighted by Crippen LogP contribution is 2.23. The van der Waals surface area contributed by atoms with Crippen LogP contribution in [0.2, 0.25) is 0 Å². The van der Waals surface area contributed by atoms with Gasteiger partial charge in [-0.05, 0) is 67.5 Å². The van der Waals surface area contributed by atoms with Crippen LogP contribution >= 0.6 is 0 Å². The fourth-order valence-electron chi connectivity index (χ4n) is 3.80. The monoisotopic (exact) mass is 532 g/mol. The van der Waals surface area contributed by atoms with E-state index in [1.807, 2.05) is 51.1 Å². The van der Waals surface area contributed by atoms with Gasteiger partial charge in [-0.3, -0.25) is 20.2 Å². The molecule has 0 aliphatic rings. The van der Waals surface area contributed by atoms with Crippen LogP contribution < -0.4 is 0 Å². The second kappa shape index (κ2) is 12.8. The molecule has 1 unspecified atom stereocenters. The summed E-state index contributed by atoms with van der Waals surface area (Å²) in [5.41, 5.74) is 7.09. The summed E-state index contributed by atoms with van der Waals surface area (Å²) in [6.45, 7) is 5.99. The molecule has 0 aliphatic heterocycles. The van der Waals surface area contributed by atoms with Gasteiger partial charge in [0, 0.05) is 24.3 Å². The molecule has 0 saturated heterocycles. The van der Waals surface area contributed by atoms with E-state index < -0.39 is 16.0 Å². The third kappa shape index (κ3) is 7.89. The lowest BCUT2D eigenvalue weighted by atomic mass is 9.99. The normalized spacial score (nSPS) is 11.3. The highest BCUT2D eigenvalue weighted by Gasteiger charge is 2.14. The lowest BCUT2D eigenvalue weighted by Crippen LogP contribution is -2.00. The number of non-ortho nitro benzene ring substituents is 2. The summed E-state index contributed by atoms with van der Waals surface area (Å²) in [5, 5.41) is 21.6. The SMILES string of the molecule is Cc1ccc(Cc2cc([N+](=O)[O-])ccc2C)cc1.Cc1ccc(Cc2cc([N+](=O)[O-])ccc2S(=O)O)cc1. The Balaban J connectivity index is 0.000000212. The van der Waals surface area contributed by atoms with Gasteiger partial charge in [0.1, 0.15) is 0 Å². The van der Waals surface area contributed by atoms with Gasteiger partial charge in [0.05, 0.1) is 14.7 Å². The van der Waals surface area contributed by atoms with Crippen LogP contribution in [0, 0.1) is 41.0 Å². The van der Waals surface area contributed by atoms with Crippen molar-refractivity contribution in [2.24, 2.45) is 0 Å². The molecule has 8 nitrogen and oxygen atoms in total. The van der Waals surface area contributed by atoms with Gasteiger partial charge in [-0.2, -0.15) is 0 Å². The van der Waals surface area contributed by atoms with Gasteiger partial charge in [-0.25, -0.2) is 4.21 Å². The molecule has 0 amide bonds. The van der Waals surface area contributed by atoms with E-state index >= 15 is 0 Å². The molecule has 0 bridgehead atoms. The molecule has 38 heavy (non-hydrogen) atoms. The van der Waals surface area contributed by atoms with Crippen LogP contribution in [-0.4, -0.2) is 18.6 Å². The minimum absolute atomic E-state index is 0.0821. The number of hydrogen-bond acceptors (Lipinski definition) is 5. The van der Waals surface area contributed by atoms with Crippen LogP contribution in [0.1, 0.15) is 38.9 Å². The summed E-state index contributed by atoms with van der Waals surface area (Å²) >= 11 is -2.16. The Morgan fingerprint density at radius 2 is 1.08 bits per heavy atom. The van der Waals surface area contributed by atoms with E-state index in [0.717, 1.165) is 28.7 Å². The van der Waals surface area contributed by atoms with Crippen molar-refractivity contribution in [2.45, 2.75) is 38.5 Å². The number of hydrogen-bond donors (Lipinski definition) is 1. The largest absolute Gasteiger partial charge is 0.302 e. The maximum absolute atomic E-state index is 11.3. The van der Waals surface area contributed by atoms with Gasteiger partial charge in [0.25, 0.3) is 11.4 Å². The van der Waals surface area contributed by atoms with Crippen molar-refractivity contribution in [1.82, 2.24) is 0 Å². The topological polar surface area (TPSA) is 124 Å². The van der Waals surface area contributed by atoms with E-state index in [0.29, 0.717) is 12.0 Å². The fourth-order valence-corrected chi connectivity index (χ4v) is 4.34. The number of nitro benzene ring substituents is 2. The van der Waals surface area contributed by atoms with Crippen molar-refractivity contribution in [3.8, 4) is 0 Å². The summed E-state index contributed by atoms with van der Waals surface area (Å²) < 4.78 is 20.5. The molecule has 4 aromatic rings. The Morgan fingerprint density at radius 3 is 1.53 bits per heavy atom.